The van der Waals surface area contributed by atoms with Gasteiger partial charge in [0.1, 0.15) is 6.10 Å². The first kappa shape index (κ1) is 17.2. The third-order valence-electron chi connectivity index (χ3n) is 5.17. The zero-order valence-corrected chi connectivity index (χ0v) is 15.4. The summed E-state index contributed by atoms with van der Waals surface area (Å²) in [6, 6.07) is 11.5. The normalized spacial score (nSPS) is 19.1. The van der Waals surface area contributed by atoms with Gasteiger partial charge in [-0.15, -0.1) is 0 Å². The molecule has 0 aromatic heterocycles. The predicted molar refractivity (Wildman–Crippen MR) is 98.4 cm³/mol. The molecule has 3 aliphatic rings. The van der Waals surface area contributed by atoms with Crippen molar-refractivity contribution in [1.82, 2.24) is 4.90 Å². The van der Waals surface area contributed by atoms with Crippen LogP contribution in [0.2, 0.25) is 0 Å². The highest BCUT2D eigenvalue weighted by molar-refractivity contribution is 5.81. The molecule has 0 N–H and O–H groups in total. The van der Waals surface area contributed by atoms with Gasteiger partial charge in [0.05, 0.1) is 0 Å². The van der Waals surface area contributed by atoms with E-state index in [2.05, 4.69) is 0 Å². The van der Waals surface area contributed by atoms with Gasteiger partial charge in [0, 0.05) is 25.3 Å². The summed E-state index contributed by atoms with van der Waals surface area (Å²) in [4.78, 5) is 15.0. The number of rotatable bonds is 5. The second kappa shape index (κ2) is 7.24. The third kappa shape index (κ3) is 3.22. The lowest BCUT2D eigenvalue weighted by Crippen LogP contribution is -2.38. The maximum Gasteiger partial charge on any atom is 0.252 e. The summed E-state index contributed by atoms with van der Waals surface area (Å²) >= 11 is 0. The molecule has 7 heteroatoms. The van der Waals surface area contributed by atoms with E-state index in [0.29, 0.717) is 36.9 Å². The van der Waals surface area contributed by atoms with Crippen molar-refractivity contribution in [2.24, 2.45) is 0 Å². The maximum absolute atomic E-state index is 13.2. The summed E-state index contributed by atoms with van der Waals surface area (Å²) in [5.41, 5.74) is 1.89. The number of nitrogens with zero attached hydrogens (tertiary/aromatic N) is 1. The number of hydrogen-bond acceptors (Lipinski definition) is 6. The molecule has 0 unspecified atom stereocenters. The molecule has 1 amide bonds. The first-order valence-corrected chi connectivity index (χ1v) is 9.44. The first-order valence-electron chi connectivity index (χ1n) is 9.44. The average Bonchev–Trinajstić information content (AvgIpc) is 3.47. The first-order chi connectivity index (χ1) is 13.8. The molecular weight excluding hydrogens is 362 g/mol. The van der Waals surface area contributed by atoms with Crippen LogP contribution >= 0.6 is 0 Å². The molecule has 0 spiro atoms. The Kier molecular flexibility index (Phi) is 4.44. The molecule has 0 bridgehead atoms. The van der Waals surface area contributed by atoms with Crippen LogP contribution in [0.15, 0.2) is 36.4 Å². The van der Waals surface area contributed by atoms with E-state index in [1.807, 2.05) is 41.3 Å². The largest absolute Gasteiger partial charge is 0.454 e. The summed E-state index contributed by atoms with van der Waals surface area (Å²) in [6.45, 7) is 1.92. The fourth-order valence-electron chi connectivity index (χ4n) is 3.77. The SMILES string of the molecule is O=C([C@H]1CCCO1)N(Cc1ccc2c(c1)OCO2)Cc1cccc2c1OCO2. The van der Waals surface area contributed by atoms with E-state index in [0.717, 1.165) is 29.7 Å². The lowest BCUT2D eigenvalue weighted by atomic mass is 10.1. The number of hydrogen-bond donors (Lipinski definition) is 0. The van der Waals surface area contributed by atoms with Crippen LogP contribution in [0.25, 0.3) is 0 Å². The van der Waals surface area contributed by atoms with E-state index >= 15 is 0 Å². The molecule has 1 atom stereocenters. The Morgan fingerprint density at radius 3 is 2.71 bits per heavy atom. The van der Waals surface area contributed by atoms with Crippen LogP contribution in [0.1, 0.15) is 24.0 Å². The number of para-hydroxylation sites is 1. The molecule has 2 aromatic carbocycles. The van der Waals surface area contributed by atoms with Crippen molar-refractivity contribution in [3.63, 3.8) is 0 Å². The molecule has 146 valence electrons. The molecule has 0 radical (unpaired) electrons. The Morgan fingerprint density at radius 1 is 0.964 bits per heavy atom. The zero-order valence-electron chi connectivity index (χ0n) is 15.4. The van der Waals surface area contributed by atoms with E-state index in [-0.39, 0.29) is 25.6 Å². The fraction of sp³-hybridized carbons (Fsp3) is 0.381. The number of ether oxygens (including phenoxy) is 5. The molecule has 1 fully saturated rings. The lowest BCUT2D eigenvalue weighted by molar-refractivity contribution is -0.142. The molecule has 0 saturated carbocycles. The van der Waals surface area contributed by atoms with Crippen LogP contribution in [0.5, 0.6) is 23.0 Å². The average molecular weight is 383 g/mol. The van der Waals surface area contributed by atoms with Gasteiger partial charge in [-0.05, 0) is 36.6 Å². The third-order valence-corrected chi connectivity index (χ3v) is 5.17. The molecule has 0 aliphatic carbocycles. The van der Waals surface area contributed by atoms with Gasteiger partial charge in [-0.25, -0.2) is 0 Å². The molecule has 7 nitrogen and oxygen atoms in total. The van der Waals surface area contributed by atoms with Crippen LogP contribution in [0, 0.1) is 0 Å². The number of benzene rings is 2. The highest BCUT2D eigenvalue weighted by atomic mass is 16.7. The summed E-state index contributed by atoms with van der Waals surface area (Å²) in [5, 5.41) is 0. The van der Waals surface area contributed by atoms with E-state index < -0.39 is 0 Å². The molecule has 3 heterocycles. The number of carbonyl (C=O) groups excluding carboxylic acids is 1. The highest BCUT2D eigenvalue weighted by Gasteiger charge is 2.30. The topological polar surface area (TPSA) is 66.5 Å². The van der Waals surface area contributed by atoms with E-state index in [9.17, 15) is 4.79 Å². The van der Waals surface area contributed by atoms with Gasteiger partial charge < -0.3 is 28.6 Å². The predicted octanol–water partition coefficient (Wildman–Crippen LogP) is 2.85. The van der Waals surface area contributed by atoms with Crippen molar-refractivity contribution in [1.29, 1.82) is 0 Å². The minimum Gasteiger partial charge on any atom is -0.454 e. The van der Waals surface area contributed by atoms with Crippen LogP contribution < -0.4 is 18.9 Å². The van der Waals surface area contributed by atoms with Gasteiger partial charge in [-0.3, -0.25) is 4.79 Å². The Morgan fingerprint density at radius 2 is 1.82 bits per heavy atom. The van der Waals surface area contributed by atoms with E-state index in [1.54, 1.807) is 0 Å². The van der Waals surface area contributed by atoms with Crippen molar-refractivity contribution in [3.05, 3.63) is 47.5 Å². The van der Waals surface area contributed by atoms with E-state index in [1.165, 1.54) is 0 Å². The monoisotopic (exact) mass is 383 g/mol. The highest BCUT2D eigenvalue weighted by Crippen LogP contribution is 2.37. The summed E-state index contributed by atoms with van der Waals surface area (Å²) < 4.78 is 27.6. The minimum absolute atomic E-state index is 0.00770. The molecular formula is C21H21NO6. The van der Waals surface area contributed by atoms with Gasteiger partial charge in [-0.1, -0.05) is 18.2 Å². The maximum atomic E-state index is 13.2. The van der Waals surface area contributed by atoms with Crippen molar-refractivity contribution >= 4 is 5.91 Å². The van der Waals surface area contributed by atoms with Crippen LogP contribution in [0.3, 0.4) is 0 Å². The number of carbonyl (C=O) groups is 1. The summed E-state index contributed by atoms with van der Waals surface area (Å²) in [6.07, 6.45) is 1.28. The quantitative estimate of drug-likeness (QED) is 0.791. The number of amides is 1. The Hall–Kier alpha value is -2.93. The Bertz CT molecular complexity index is 892. The number of fused-ring (bicyclic) bond motifs is 2. The molecule has 5 rings (SSSR count). The second-order valence-electron chi connectivity index (χ2n) is 7.03. The van der Waals surface area contributed by atoms with Crippen molar-refractivity contribution in [2.45, 2.75) is 32.0 Å². The van der Waals surface area contributed by atoms with Crippen molar-refractivity contribution < 1.29 is 28.5 Å². The summed E-state index contributed by atoms with van der Waals surface area (Å²) in [5.74, 6) is 2.85. The minimum atomic E-state index is -0.386. The summed E-state index contributed by atoms with van der Waals surface area (Å²) in [7, 11) is 0. The van der Waals surface area contributed by atoms with Gasteiger partial charge in [0.25, 0.3) is 5.91 Å². The van der Waals surface area contributed by atoms with E-state index in [4.69, 9.17) is 23.7 Å². The van der Waals surface area contributed by atoms with Crippen molar-refractivity contribution in [2.75, 3.05) is 20.2 Å². The molecule has 2 aromatic rings. The van der Waals surface area contributed by atoms with Crippen LogP contribution in [0.4, 0.5) is 0 Å². The van der Waals surface area contributed by atoms with Crippen LogP contribution in [-0.2, 0) is 22.6 Å². The lowest BCUT2D eigenvalue weighted by Gasteiger charge is -2.26. The van der Waals surface area contributed by atoms with Gasteiger partial charge in [0.15, 0.2) is 23.0 Å². The fourth-order valence-corrected chi connectivity index (χ4v) is 3.77. The molecule has 3 aliphatic heterocycles. The Balaban J connectivity index is 1.41. The van der Waals surface area contributed by atoms with Gasteiger partial charge in [0.2, 0.25) is 13.6 Å². The van der Waals surface area contributed by atoms with Gasteiger partial charge in [-0.2, -0.15) is 0 Å². The smallest absolute Gasteiger partial charge is 0.252 e. The van der Waals surface area contributed by atoms with Crippen molar-refractivity contribution in [3.8, 4) is 23.0 Å². The zero-order chi connectivity index (χ0) is 18.9. The standard InChI is InChI=1S/C21H21NO6/c23-21(18-5-2-8-24-18)22(10-14-6-7-16-19(9-14)27-12-25-16)11-15-3-1-4-17-20(15)28-13-26-17/h1,3-4,6-7,9,18H,2,5,8,10-13H2/t18-/m1/s1. The van der Waals surface area contributed by atoms with Crippen LogP contribution in [-0.4, -0.2) is 37.1 Å². The second-order valence-corrected chi connectivity index (χ2v) is 7.03. The molecule has 28 heavy (non-hydrogen) atoms. The molecule has 1 saturated heterocycles. The van der Waals surface area contributed by atoms with Gasteiger partial charge >= 0.3 is 0 Å². The Labute approximate surface area is 162 Å².